The smallest absolute Gasteiger partial charge is 0.291 e. The van der Waals surface area contributed by atoms with Crippen molar-refractivity contribution in [2.24, 2.45) is 5.92 Å². The average Bonchev–Trinajstić information content (AvgIpc) is 3.14. The first kappa shape index (κ1) is 13.6. The Morgan fingerprint density at radius 1 is 1.50 bits per heavy atom. The van der Waals surface area contributed by atoms with Crippen LogP contribution in [-0.2, 0) is 13.1 Å². The number of hydrogen-bond donors (Lipinski definition) is 1. The number of halogens is 1. The Bertz CT molecular complexity index is 677. The van der Waals surface area contributed by atoms with Crippen molar-refractivity contribution in [2.45, 2.75) is 32.9 Å². The molecule has 1 aliphatic rings. The van der Waals surface area contributed by atoms with Crippen LogP contribution in [0.25, 0.3) is 0 Å². The fourth-order valence-electron chi connectivity index (χ4n) is 1.95. The van der Waals surface area contributed by atoms with Crippen molar-refractivity contribution in [3.8, 4) is 0 Å². The van der Waals surface area contributed by atoms with Gasteiger partial charge < -0.3 is 5.32 Å². The molecule has 5 nitrogen and oxygen atoms in total. The molecule has 2 aromatic rings. The lowest BCUT2D eigenvalue weighted by molar-refractivity contribution is 0.534. The molecule has 1 N–H and O–H groups in total. The number of hydrogen-bond acceptors (Lipinski definition) is 5. The zero-order valence-electron chi connectivity index (χ0n) is 11.1. The van der Waals surface area contributed by atoms with E-state index in [0.717, 1.165) is 9.88 Å². The van der Waals surface area contributed by atoms with Gasteiger partial charge in [0.15, 0.2) is 0 Å². The van der Waals surface area contributed by atoms with Crippen molar-refractivity contribution in [1.82, 2.24) is 14.8 Å². The molecule has 2 heterocycles. The summed E-state index contributed by atoms with van der Waals surface area (Å²) in [5.41, 5.74) is 0.257. The van der Waals surface area contributed by atoms with Crippen LogP contribution >= 0.6 is 22.9 Å². The van der Waals surface area contributed by atoms with Gasteiger partial charge in [0, 0.05) is 17.6 Å². The summed E-state index contributed by atoms with van der Waals surface area (Å²) in [5.74, 6) is 0.593. The summed E-state index contributed by atoms with van der Waals surface area (Å²) < 4.78 is 1.50. The van der Waals surface area contributed by atoms with E-state index in [1.807, 2.05) is 13.1 Å². The highest BCUT2D eigenvalue weighted by Crippen LogP contribution is 2.30. The van der Waals surface area contributed by atoms with Crippen molar-refractivity contribution < 1.29 is 0 Å². The molecule has 0 atom stereocenters. The summed E-state index contributed by atoms with van der Waals surface area (Å²) >= 11 is 7.67. The molecule has 7 heteroatoms. The maximum Gasteiger partial charge on any atom is 0.291 e. The summed E-state index contributed by atoms with van der Waals surface area (Å²) in [5, 5.41) is 8.48. The van der Waals surface area contributed by atoms with Crippen LogP contribution in [0.15, 0.2) is 17.2 Å². The lowest BCUT2D eigenvalue weighted by atomic mass is 10.4. The standard InChI is InChI=1S/C13H15ClN4OS/c1-8-4-15-11(20-8)6-16-12-10(14)5-17-18(13(12)19)7-9-2-3-9/h4-5,9,16H,2-3,6-7H2,1H3. The minimum Gasteiger partial charge on any atom is -0.373 e. The lowest BCUT2D eigenvalue weighted by Gasteiger charge is -2.09. The predicted molar refractivity (Wildman–Crippen MR) is 80.4 cm³/mol. The largest absolute Gasteiger partial charge is 0.373 e. The first-order chi connectivity index (χ1) is 9.63. The molecule has 0 radical (unpaired) electrons. The van der Waals surface area contributed by atoms with Crippen LogP contribution in [0.5, 0.6) is 0 Å². The molecular formula is C13H15ClN4OS. The van der Waals surface area contributed by atoms with E-state index < -0.39 is 0 Å². The predicted octanol–water partition coefficient (Wildman–Crippen LogP) is 2.68. The van der Waals surface area contributed by atoms with Gasteiger partial charge in [0.25, 0.3) is 5.56 Å². The van der Waals surface area contributed by atoms with Crippen molar-refractivity contribution in [2.75, 3.05) is 5.32 Å². The number of anilines is 1. The molecule has 0 saturated heterocycles. The quantitative estimate of drug-likeness (QED) is 0.922. The highest BCUT2D eigenvalue weighted by atomic mass is 35.5. The Labute approximate surface area is 125 Å². The average molecular weight is 311 g/mol. The number of aromatic nitrogens is 3. The Hall–Kier alpha value is -1.40. The van der Waals surface area contributed by atoms with Crippen molar-refractivity contribution >= 4 is 28.6 Å². The second-order valence-corrected chi connectivity index (χ2v) is 6.74. The van der Waals surface area contributed by atoms with E-state index in [4.69, 9.17) is 11.6 Å². The maximum atomic E-state index is 12.3. The topological polar surface area (TPSA) is 59.8 Å². The van der Waals surface area contributed by atoms with E-state index in [9.17, 15) is 4.79 Å². The Kier molecular flexibility index (Phi) is 3.76. The third-order valence-electron chi connectivity index (χ3n) is 3.21. The van der Waals surface area contributed by atoms with E-state index >= 15 is 0 Å². The van der Waals surface area contributed by atoms with E-state index in [0.29, 0.717) is 29.7 Å². The van der Waals surface area contributed by atoms with E-state index in [1.54, 1.807) is 11.3 Å². The van der Waals surface area contributed by atoms with Gasteiger partial charge in [-0.3, -0.25) is 4.79 Å². The molecule has 0 aliphatic heterocycles. The normalized spacial score (nSPS) is 14.5. The summed E-state index contributed by atoms with van der Waals surface area (Å²) in [4.78, 5) is 17.7. The molecular weight excluding hydrogens is 296 g/mol. The van der Waals surface area contributed by atoms with Crippen LogP contribution in [0.2, 0.25) is 5.02 Å². The van der Waals surface area contributed by atoms with Crippen LogP contribution in [0, 0.1) is 12.8 Å². The van der Waals surface area contributed by atoms with E-state index in [2.05, 4.69) is 15.4 Å². The van der Waals surface area contributed by atoms with Gasteiger partial charge >= 0.3 is 0 Å². The van der Waals surface area contributed by atoms with Crippen LogP contribution in [-0.4, -0.2) is 14.8 Å². The fourth-order valence-corrected chi connectivity index (χ4v) is 2.87. The molecule has 0 amide bonds. The first-order valence-electron chi connectivity index (χ1n) is 6.54. The lowest BCUT2D eigenvalue weighted by Crippen LogP contribution is -2.26. The minimum absolute atomic E-state index is 0.155. The molecule has 1 saturated carbocycles. The van der Waals surface area contributed by atoms with Gasteiger partial charge in [-0.25, -0.2) is 9.67 Å². The molecule has 0 bridgehead atoms. The second kappa shape index (κ2) is 5.54. The van der Waals surface area contributed by atoms with Gasteiger partial charge in [0.2, 0.25) is 0 Å². The van der Waals surface area contributed by atoms with Gasteiger partial charge in [-0.2, -0.15) is 5.10 Å². The Morgan fingerprint density at radius 2 is 2.30 bits per heavy atom. The van der Waals surface area contributed by atoms with Crippen LogP contribution in [0.1, 0.15) is 22.7 Å². The molecule has 20 heavy (non-hydrogen) atoms. The number of nitrogens with one attached hydrogen (secondary N) is 1. The van der Waals surface area contributed by atoms with Crippen molar-refractivity contribution in [3.63, 3.8) is 0 Å². The third kappa shape index (κ3) is 3.02. The molecule has 1 fully saturated rings. The minimum atomic E-state index is -0.155. The monoisotopic (exact) mass is 310 g/mol. The highest BCUT2D eigenvalue weighted by molar-refractivity contribution is 7.11. The molecule has 2 aromatic heterocycles. The number of nitrogens with zero attached hydrogens (tertiary/aromatic N) is 3. The number of aryl methyl sites for hydroxylation is 1. The van der Waals surface area contributed by atoms with Crippen molar-refractivity contribution in [1.29, 1.82) is 0 Å². The second-order valence-electron chi connectivity index (χ2n) is 5.02. The zero-order chi connectivity index (χ0) is 14.1. The molecule has 1 aliphatic carbocycles. The highest BCUT2D eigenvalue weighted by Gasteiger charge is 2.23. The fraction of sp³-hybridized carbons (Fsp3) is 0.462. The van der Waals surface area contributed by atoms with Crippen LogP contribution in [0.3, 0.4) is 0 Å². The summed E-state index contributed by atoms with van der Waals surface area (Å²) in [6, 6.07) is 0. The van der Waals surface area contributed by atoms with Gasteiger partial charge in [-0.15, -0.1) is 11.3 Å². The molecule has 0 spiro atoms. The van der Waals surface area contributed by atoms with Gasteiger partial charge in [-0.1, -0.05) is 11.6 Å². The molecule has 3 rings (SSSR count). The Morgan fingerprint density at radius 3 is 2.95 bits per heavy atom. The molecule has 0 unspecified atom stereocenters. The van der Waals surface area contributed by atoms with Gasteiger partial charge in [-0.05, 0) is 25.7 Å². The van der Waals surface area contributed by atoms with E-state index in [-0.39, 0.29) is 5.56 Å². The summed E-state index contributed by atoms with van der Waals surface area (Å²) in [7, 11) is 0. The molecule has 106 valence electrons. The van der Waals surface area contributed by atoms with Crippen LogP contribution in [0.4, 0.5) is 5.69 Å². The van der Waals surface area contributed by atoms with Crippen molar-refractivity contribution in [3.05, 3.63) is 37.7 Å². The zero-order valence-corrected chi connectivity index (χ0v) is 12.7. The number of rotatable bonds is 5. The van der Waals surface area contributed by atoms with Gasteiger partial charge in [0.1, 0.15) is 10.7 Å². The van der Waals surface area contributed by atoms with Crippen LogP contribution < -0.4 is 10.9 Å². The number of thiazole rings is 1. The van der Waals surface area contributed by atoms with Gasteiger partial charge in [0.05, 0.1) is 17.8 Å². The third-order valence-corrected chi connectivity index (χ3v) is 4.41. The maximum absolute atomic E-state index is 12.3. The summed E-state index contributed by atoms with van der Waals surface area (Å²) in [6.07, 6.45) is 5.71. The first-order valence-corrected chi connectivity index (χ1v) is 7.73. The SMILES string of the molecule is Cc1cnc(CNc2c(Cl)cnn(CC3CC3)c2=O)s1. The van der Waals surface area contributed by atoms with E-state index in [1.165, 1.54) is 23.7 Å². The summed E-state index contributed by atoms with van der Waals surface area (Å²) in [6.45, 7) is 3.19. The Balaban J connectivity index is 1.78. The molecule has 0 aromatic carbocycles.